The number of likely N-dealkylation sites (tertiary alicyclic amines) is 2. The van der Waals surface area contributed by atoms with Crippen LogP contribution in [-0.4, -0.2) is 77.5 Å². The van der Waals surface area contributed by atoms with Crippen molar-refractivity contribution in [1.82, 2.24) is 20.1 Å². The Morgan fingerprint density at radius 2 is 1.59 bits per heavy atom. The number of carbonyl (C=O) groups excluding carboxylic acids is 3. The highest BCUT2D eigenvalue weighted by Crippen LogP contribution is 2.21. The van der Waals surface area contributed by atoms with Gasteiger partial charge in [0.15, 0.2) is 0 Å². The largest absolute Gasteiger partial charge is 0.490 e. The van der Waals surface area contributed by atoms with E-state index in [2.05, 4.69) is 21.3 Å². The Kier molecular flexibility index (Phi) is 10.2. The summed E-state index contributed by atoms with van der Waals surface area (Å²) in [4.78, 5) is 46.2. The molecule has 2 amide bonds. The maximum Gasteiger partial charge on any atom is 0.338 e. The molecule has 0 aliphatic carbocycles. The molecule has 0 spiro atoms. The molecule has 2 saturated heterocycles. The third-order valence-electron chi connectivity index (χ3n) is 8.05. The van der Waals surface area contributed by atoms with Gasteiger partial charge in [-0.3, -0.25) is 19.5 Å². The van der Waals surface area contributed by atoms with Crippen LogP contribution in [0.15, 0.2) is 66.9 Å². The molecule has 3 heterocycles. The van der Waals surface area contributed by atoms with Gasteiger partial charge in [-0.05, 0) is 73.9 Å². The van der Waals surface area contributed by atoms with Gasteiger partial charge < -0.3 is 19.7 Å². The first-order valence-electron chi connectivity index (χ1n) is 15.1. The Hall–Kier alpha value is -4.75. The van der Waals surface area contributed by atoms with Gasteiger partial charge in [-0.25, -0.2) is 4.79 Å². The fourth-order valence-electron chi connectivity index (χ4n) is 5.53. The summed E-state index contributed by atoms with van der Waals surface area (Å²) in [6.45, 7) is 5.76. The molecule has 10 nitrogen and oxygen atoms in total. The Labute approximate surface area is 257 Å². The lowest BCUT2D eigenvalue weighted by molar-refractivity contribution is 0.0526. The Morgan fingerprint density at radius 3 is 2.20 bits per heavy atom. The van der Waals surface area contributed by atoms with Crippen molar-refractivity contribution in [3.05, 3.63) is 94.8 Å². The van der Waals surface area contributed by atoms with E-state index in [4.69, 9.17) is 14.7 Å². The van der Waals surface area contributed by atoms with Gasteiger partial charge in [-0.1, -0.05) is 12.1 Å². The monoisotopic (exact) mass is 595 g/mol. The number of carbonyl (C=O) groups is 3. The van der Waals surface area contributed by atoms with E-state index >= 15 is 0 Å². The van der Waals surface area contributed by atoms with Gasteiger partial charge in [0.1, 0.15) is 17.5 Å². The molecular weight excluding hydrogens is 558 g/mol. The zero-order chi connectivity index (χ0) is 30.9. The Bertz CT molecular complexity index is 1470. The lowest BCUT2D eigenvalue weighted by Gasteiger charge is -2.32. The average molecular weight is 596 g/mol. The van der Waals surface area contributed by atoms with E-state index in [0.29, 0.717) is 60.7 Å². The fraction of sp³-hybridized carbons (Fsp3) is 0.382. The maximum atomic E-state index is 13.1. The molecule has 3 aromatic rings. The van der Waals surface area contributed by atoms with Crippen LogP contribution in [0.3, 0.4) is 0 Å². The number of ether oxygens (including phenoxy) is 2. The highest BCUT2D eigenvalue weighted by molar-refractivity contribution is 5.96. The van der Waals surface area contributed by atoms with E-state index in [1.54, 1.807) is 48.2 Å². The standard InChI is InChI=1S/C34H37N5O5/c1-2-43-34(42)26-7-10-29(11-8-26)44-30-15-19-39(20-16-30)33(41)27-9-12-31(36-22-27)32(40)37-28-13-17-38(18-14-28)23-25-5-3-24(21-35)4-6-25/h3-12,22,28,30H,2,13-20,23H2,1H3,(H,37,40). The zero-order valence-corrected chi connectivity index (χ0v) is 24.9. The van der Waals surface area contributed by atoms with Crippen molar-refractivity contribution in [3.8, 4) is 11.8 Å². The number of nitrogens with zero attached hydrogens (tertiary/aromatic N) is 4. The fourth-order valence-corrected chi connectivity index (χ4v) is 5.53. The molecular formula is C34H37N5O5. The summed E-state index contributed by atoms with van der Waals surface area (Å²) in [7, 11) is 0. The number of pyridine rings is 1. The van der Waals surface area contributed by atoms with Crippen LogP contribution in [0.1, 0.15) is 74.9 Å². The van der Waals surface area contributed by atoms with E-state index in [9.17, 15) is 14.4 Å². The van der Waals surface area contributed by atoms with Crippen LogP contribution in [0, 0.1) is 11.3 Å². The number of amides is 2. The minimum atomic E-state index is -0.359. The quantitative estimate of drug-likeness (QED) is 0.365. The van der Waals surface area contributed by atoms with Crippen LogP contribution >= 0.6 is 0 Å². The number of hydrogen-bond acceptors (Lipinski definition) is 8. The van der Waals surface area contributed by atoms with E-state index in [1.807, 2.05) is 24.3 Å². The summed E-state index contributed by atoms with van der Waals surface area (Å²) >= 11 is 0. The normalized spacial score (nSPS) is 16.1. The second kappa shape index (κ2) is 14.6. The van der Waals surface area contributed by atoms with Crippen molar-refractivity contribution in [1.29, 1.82) is 5.26 Å². The van der Waals surface area contributed by atoms with E-state index in [1.165, 1.54) is 11.8 Å². The van der Waals surface area contributed by atoms with Crippen molar-refractivity contribution < 1.29 is 23.9 Å². The minimum Gasteiger partial charge on any atom is -0.490 e. The minimum absolute atomic E-state index is 0.0282. The van der Waals surface area contributed by atoms with Crippen LogP contribution in [0.5, 0.6) is 5.75 Å². The molecule has 2 aliphatic heterocycles. The predicted molar refractivity (Wildman–Crippen MR) is 163 cm³/mol. The van der Waals surface area contributed by atoms with Gasteiger partial charge in [0.05, 0.1) is 29.4 Å². The lowest BCUT2D eigenvalue weighted by atomic mass is 10.0. The van der Waals surface area contributed by atoms with Gasteiger partial charge in [0.2, 0.25) is 0 Å². The van der Waals surface area contributed by atoms with Gasteiger partial charge in [-0.2, -0.15) is 5.26 Å². The molecule has 0 saturated carbocycles. The van der Waals surface area contributed by atoms with Crippen molar-refractivity contribution in [2.24, 2.45) is 0 Å². The molecule has 228 valence electrons. The molecule has 2 aliphatic rings. The second-order valence-corrected chi connectivity index (χ2v) is 11.1. The second-order valence-electron chi connectivity index (χ2n) is 11.1. The predicted octanol–water partition coefficient (Wildman–Crippen LogP) is 4.21. The molecule has 2 fully saturated rings. The van der Waals surface area contributed by atoms with E-state index < -0.39 is 0 Å². The third kappa shape index (κ3) is 7.99. The van der Waals surface area contributed by atoms with Crippen molar-refractivity contribution >= 4 is 17.8 Å². The molecule has 44 heavy (non-hydrogen) atoms. The molecule has 1 N–H and O–H groups in total. The SMILES string of the molecule is CCOC(=O)c1ccc(OC2CCN(C(=O)c3ccc(C(=O)NC4CCN(Cc5ccc(C#N)cc5)CC4)nc3)CC2)cc1. The first-order chi connectivity index (χ1) is 21.4. The van der Waals surface area contributed by atoms with E-state index in [0.717, 1.165) is 32.5 Å². The zero-order valence-electron chi connectivity index (χ0n) is 24.9. The molecule has 0 atom stereocenters. The molecule has 0 radical (unpaired) electrons. The number of aromatic nitrogens is 1. The topological polar surface area (TPSA) is 125 Å². The van der Waals surface area contributed by atoms with Gasteiger partial charge in [0, 0.05) is 57.8 Å². The van der Waals surface area contributed by atoms with Crippen LogP contribution in [-0.2, 0) is 11.3 Å². The van der Waals surface area contributed by atoms with Crippen molar-refractivity contribution in [2.75, 3.05) is 32.8 Å². The Morgan fingerprint density at radius 1 is 0.909 bits per heavy atom. The highest BCUT2D eigenvalue weighted by atomic mass is 16.5. The van der Waals surface area contributed by atoms with Gasteiger partial charge in [0.25, 0.3) is 11.8 Å². The summed E-state index contributed by atoms with van der Waals surface area (Å²) in [6.07, 6.45) is 4.51. The average Bonchev–Trinajstić information content (AvgIpc) is 3.06. The number of piperidine rings is 2. The van der Waals surface area contributed by atoms with E-state index in [-0.39, 0.29) is 29.9 Å². The van der Waals surface area contributed by atoms with Crippen molar-refractivity contribution in [2.45, 2.75) is 51.3 Å². The summed E-state index contributed by atoms with van der Waals surface area (Å²) in [5.74, 6) is -0.0311. The first-order valence-corrected chi connectivity index (χ1v) is 15.1. The summed E-state index contributed by atoms with van der Waals surface area (Å²) < 4.78 is 11.1. The first kappa shape index (κ1) is 30.7. The third-order valence-corrected chi connectivity index (χ3v) is 8.05. The molecule has 2 aromatic carbocycles. The summed E-state index contributed by atoms with van der Waals surface area (Å²) in [6, 6.07) is 20.0. The number of nitriles is 1. The van der Waals surface area contributed by atoms with Crippen LogP contribution in [0.4, 0.5) is 0 Å². The molecule has 1 aromatic heterocycles. The lowest BCUT2D eigenvalue weighted by Crippen LogP contribution is -2.44. The van der Waals surface area contributed by atoms with Crippen LogP contribution < -0.4 is 10.1 Å². The number of benzene rings is 2. The summed E-state index contributed by atoms with van der Waals surface area (Å²) in [5.41, 5.74) is 3.05. The van der Waals surface area contributed by atoms with Crippen LogP contribution in [0.2, 0.25) is 0 Å². The Balaban J connectivity index is 1.04. The van der Waals surface area contributed by atoms with Gasteiger partial charge >= 0.3 is 5.97 Å². The number of esters is 1. The number of nitrogens with one attached hydrogen (secondary N) is 1. The highest BCUT2D eigenvalue weighted by Gasteiger charge is 2.26. The van der Waals surface area contributed by atoms with Gasteiger partial charge in [-0.15, -0.1) is 0 Å². The molecule has 5 rings (SSSR count). The molecule has 0 unspecified atom stereocenters. The smallest absolute Gasteiger partial charge is 0.338 e. The number of rotatable bonds is 9. The molecule has 0 bridgehead atoms. The van der Waals surface area contributed by atoms with Crippen LogP contribution in [0.25, 0.3) is 0 Å². The molecule has 10 heteroatoms. The maximum absolute atomic E-state index is 13.1. The summed E-state index contributed by atoms with van der Waals surface area (Å²) in [5, 5.41) is 12.1. The van der Waals surface area contributed by atoms with Crippen molar-refractivity contribution in [3.63, 3.8) is 0 Å². The number of hydrogen-bond donors (Lipinski definition) is 1.